The Labute approximate surface area is 260 Å². The number of rotatable bonds is 4. The third-order valence-electron chi connectivity index (χ3n) is 8.46. The maximum absolute atomic E-state index is 4.42. The van der Waals surface area contributed by atoms with E-state index in [0.717, 1.165) is 0 Å². The molecule has 1 atom stereocenters. The van der Waals surface area contributed by atoms with Crippen LogP contribution in [0, 0.1) is 0 Å². The van der Waals surface area contributed by atoms with Gasteiger partial charge < -0.3 is 5.50 Å². The minimum Gasteiger partial charge on any atom is -0.314 e. The summed E-state index contributed by atoms with van der Waals surface area (Å²) in [7, 11) is 1.92. The maximum Gasteiger partial charge on any atom is -0.00928 e. The van der Waals surface area contributed by atoms with E-state index < -0.39 is 0 Å². The van der Waals surface area contributed by atoms with E-state index in [0.29, 0.717) is 0 Å². The Balaban J connectivity index is 0.00000153. The third-order valence-corrected chi connectivity index (χ3v) is 8.46. The summed E-state index contributed by atoms with van der Waals surface area (Å²) in [6, 6.07) is 61.7. The normalized spacial score (nSPS) is 11.0. The standard InChI is InChI=1S/C42H28.H4NP/c1-2-10-29(11-3-1)30-20-22-31(23-21-30)32-12-8-13-33(26-32)34-14-9-15-35(27-34)36-24-25-41-39-18-5-4-16-37(39)38-17-6-7-19-40(38)42(41)28-36;1-2/h1-28H;1-2H2. The molecular formula is C42H32NP. The summed E-state index contributed by atoms with van der Waals surface area (Å²) < 4.78 is 0. The summed E-state index contributed by atoms with van der Waals surface area (Å²) in [6.45, 7) is 0. The molecule has 210 valence electrons. The Bertz CT molecular complexity index is 2200. The molecule has 0 aliphatic rings. The van der Waals surface area contributed by atoms with E-state index in [4.69, 9.17) is 0 Å². The zero-order valence-corrected chi connectivity index (χ0v) is 25.5. The molecule has 0 spiro atoms. The number of nitrogens with two attached hydrogens (primary N) is 1. The highest BCUT2D eigenvalue weighted by molar-refractivity contribution is 7.13. The number of benzene rings is 8. The minimum atomic E-state index is 1.22. The van der Waals surface area contributed by atoms with Crippen molar-refractivity contribution < 1.29 is 0 Å². The van der Waals surface area contributed by atoms with Gasteiger partial charge in [-0.3, -0.25) is 0 Å². The van der Waals surface area contributed by atoms with E-state index >= 15 is 0 Å². The van der Waals surface area contributed by atoms with Crippen LogP contribution in [0.25, 0.3) is 76.8 Å². The predicted octanol–water partition coefficient (Wildman–Crippen LogP) is 11.5. The molecule has 2 N–H and O–H groups in total. The smallest absolute Gasteiger partial charge is 0.00928 e. The summed E-state index contributed by atoms with van der Waals surface area (Å²) in [5.74, 6) is 0. The van der Waals surface area contributed by atoms with Crippen LogP contribution in [-0.4, -0.2) is 0 Å². The molecule has 8 rings (SSSR count). The average molecular weight is 582 g/mol. The monoisotopic (exact) mass is 581 g/mol. The van der Waals surface area contributed by atoms with Gasteiger partial charge in [0.25, 0.3) is 0 Å². The van der Waals surface area contributed by atoms with Crippen molar-refractivity contribution >= 4 is 41.7 Å². The van der Waals surface area contributed by atoms with Crippen molar-refractivity contribution in [3.05, 3.63) is 170 Å². The van der Waals surface area contributed by atoms with Gasteiger partial charge in [0, 0.05) is 0 Å². The van der Waals surface area contributed by atoms with Gasteiger partial charge in [-0.05, 0) is 95.0 Å². The van der Waals surface area contributed by atoms with Crippen molar-refractivity contribution in [3.63, 3.8) is 0 Å². The summed E-state index contributed by atoms with van der Waals surface area (Å²) in [6.07, 6.45) is 0. The molecule has 8 aromatic carbocycles. The molecule has 0 saturated carbocycles. The lowest BCUT2D eigenvalue weighted by Gasteiger charge is -2.13. The highest BCUT2D eigenvalue weighted by Crippen LogP contribution is 2.38. The number of fused-ring (bicyclic) bond motifs is 6. The van der Waals surface area contributed by atoms with Gasteiger partial charge >= 0.3 is 0 Å². The van der Waals surface area contributed by atoms with E-state index in [9.17, 15) is 0 Å². The average Bonchev–Trinajstić information content (AvgIpc) is 3.13. The summed E-state index contributed by atoms with van der Waals surface area (Å²) in [5, 5.41) is 7.82. The van der Waals surface area contributed by atoms with Crippen LogP contribution in [0.2, 0.25) is 0 Å². The van der Waals surface area contributed by atoms with Gasteiger partial charge in [-0.2, -0.15) is 0 Å². The van der Waals surface area contributed by atoms with Crippen LogP contribution in [0.15, 0.2) is 170 Å². The predicted molar refractivity (Wildman–Crippen MR) is 195 cm³/mol. The van der Waals surface area contributed by atoms with Gasteiger partial charge in [0.05, 0.1) is 0 Å². The van der Waals surface area contributed by atoms with Crippen LogP contribution >= 0.6 is 9.39 Å². The Morgan fingerprint density at radius 1 is 0.227 bits per heavy atom. The molecule has 44 heavy (non-hydrogen) atoms. The van der Waals surface area contributed by atoms with Crippen molar-refractivity contribution in [2.75, 3.05) is 0 Å². The quantitative estimate of drug-likeness (QED) is 0.162. The summed E-state index contributed by atoms with van der Waals surface area (Å²) in [5.41, 5.74) is 14.2. The van der Waals surface area contributed by atoms with Crippen LogP contribution in [0.1, 0.15) is 0 Å². The van der Waals surface area contributed by atoms with Crippen molar-refractivity contribution in [2.45, 2.75) is 0 Å². The molecule has 0 bridgehead atoms. The molecule has 0 heterocycles. The molecule has 0 aliphatic carbocycles. The van der Waals surface area contributed by atoms with E-state index in [-0.39, 0.29) is 0 Å². The first-order chi connectivity index (χ1) is 21.8. The zero-order chi connectivity index (χ0) is 29.9. The van der Waals surface area contributed by atoms with E-state index in [2.05, 4.69) is 175 Å². The van der Waals surface area contributed by atoms with Crippen LogP contribution in [-0.2, 0) is 0 Å². The Morgan fingerprint density at radius 2 is 0.523 bits per heavy atom. The Hall–Kier alpha value is -5.07. The lowest BCUT2D eigenvalue weighted by molar-refractivity contribution is 1.57. The van der Waals surface area contributed by atoms with Gasteiger partial charge in [-0.15, -0.1) is 0 Å². The van der Waals surface area contributed by atoms with Crippen LogP contribution in [0.4, 0.5) is 0 Å². The molecule has 2 heteroatoms. The fourth-order valence-corrected chi connectivity index (χ4v) is 6.33. The van der Waals surface area contributed by atoms with Crippen molar-refractivity contribution in [1.82, 2.24) is 0 Å². The van der Waals surface area contributed by atoms with Gasteiger partial charge in [0.1, 0.15) is 0 Å². The largest absolute Gasteiger partial charge is 0.314 e. The summed E-state index contributed by atoms with van der Waals surface area (Å²) in [4.78, 5) is 0. The van der Waals surface area contributed by atoms with Gasteiger partial charge in [-0.1, -0.05) is 161 Å². The van der Waals surface area contributed by atoms with Crippen LogP contribution in [0.5, 0.6) is 0 Å². The number of hydrogen-bond donors (Lipinski definition) is 1. The SMILES string of the molecule is NP.c1ccc(-c2ccc(-c3cccc(-c4cccc(-c5ccc6c7ccccc7c7ccccc7c6c5)c4)c3)cc2)cc1. The van der Waals surface area contributed by atoms with E-state index in [1.165, 1.54) is 76.8 Å². The van der Waals surface area contributed by atoms with Crippen LogP contribution < -0.4 is 5.50 Å². The Morgan fingerprint density at radius 3 is 1.02 bits per heavy atom. The lowest BCUT2D eigenvalue weighted by Crippen LogP contribution is -1.86. The first-order valence-corrected chi connectivity index (χ1v) is 15.5. The molecule has 0 fully saturated rings. The molecule has 0 radical (unpaired) electrons. The highest BCUT2D eigenvalue weighted by atomic mass is 31.0. The minimum absolute atomic E-state index is 1.22. The second-order valence-electron chi connectivity index (χ2n) is 11.0. The lowest BCUT2D eigenvalue weighted by atomic mass is 9.91. The fourth-order valence-electron chi connectivity index (χ4n) is 6.33. The first-order valence-electron chi connectivity index (χ1n) is 14.9. The maximum atomic E-state index is 4.42. The summed E-state index contributed by atoms with van der Waals surface area (Å²) >= 11 is 0. The van der Waals surface area contributed by atoms with Gasteiger partial charge in [0.2, 0.25) is 0 Å². The van der Waals surface area contributed by atoms with E-state index in [1.54, 1.807) is 0 Å². The van der Waals surface area contributed by atoms with Crippen LogP contribution in [0.3, 0.4) is 0 Å². The zero-order valence-electron chi connectivity index (χ0n) is 24.3. The first kappa shape index (κ1) is 27.7. The van der Waals surface area contributed by atoms with Crippen molar-refractivity contribution in [1.29, 1.82) is 0 Å². The molecule has 0 saturated heterocycles. The number of hydrogen-bond acceptors (Lipinski definition) is 1. The van der Waals surface area contributed by atoms with Gasteiger partial charge in [0.15, 0.2) is 0 Å². The Kier molecular flexibility index (Phi) is 7.74. The van der Waals surface area contributed by atoms with Gasteiger partial charge in [-0.25, -0.2) is 0 Å². The molecule has 0 aromatic heterocycles. The van der Waals surface area contributed by atoms with Crippen molar-refractivity contribution in [2.24, 2.45) is 5.50 Å². The van der Waals surface area contributed by atoms with E-state index in [1.807, 2.05) is 9.39 Å². The highest BCUT2D eigenvalue weighted by Gasteiger charge is 2.10. The molecule has 1 unspecified atom stereocenters. The topological polar surface area (TPSA) is 26.0 Å². The van der Waals surface area contributed by atoms with Crippen molar-refractivity contribution in [3.8, 4) is 44.5 Å². The third kappa shape index (κ3) is 5.18. The molecule has 1 nitrogen and oxygen atoms in total. The molecule has 0 amide bonds. The second kappa shape index (κ2) is 12.3. The molecule has 0 aliphatic heterocycles. The molecular weight excluding hydrogens is 549 g/mol. The fraction of sp³-hybridized carbons (Fsp3) is 0. The molecule has 8 aromatic rings. The second-order valence-corrected chi connectivity index (χ2v) is 11.0.